The first kappa shape index (κ1) is 12.8. The lowest BCUT2D eigenvalue weighted by Crippen LogP contribution is -1.95. The summed E-state index contributed by atoms with van der Waals surface area (Å²) in [6, 6.07) is 11.1. The molecule has 2 aromatic rings. The van der Waals surface area contributed by atoms with Crippen LogP contribution in [0.3, 0.4) is 0 Å². The Morgan fingerprint density at radius 3 is 2.53 bits per heavy atom. The maximum absolute atomic E-state index is 6.11. The minimum atomic E-state index is 0.516. The molecule has 0 saturated carbocycles. The summed E-state index contributed by atoms with van der Waals surface area (Å²) in [4.78, 5) is 0. The summed E-state index contributed by atoms with van der Waals surface area (Å²) in [6.07, 6.45) is 0. The van der Waals surface area contributed by atoms with Crippen molar-refractivity contribution in [2.24, 2.45) is 0 Å². The molecule has 0 spiro atoms. The van der Waals surface area contributed by atoms with Gasteiger partial charge in [-0.15, -0.1) is 0 Å². The molecule has 0 amide bonds. The van der Waals surface area contributed by atoms with Crippen molar-refractivity contribution < 1.29 is 0 Å². The number of nitrogen functional groups attached to an aromatic ring is 1. The topological polar surface area (TPSA) is 38.0 Å². The summed E-state index contributed by atoms with van der Waals surface area (Å²) in [5.74, 6) is 0. The van der Waals surface area contributed by atoms with Crippen molar-refractivity contribution in [3.8, 4) is 0 Å². The Morgan fingerprint density at radius 2 is 1.82 bits per heavy atom. The Morgan fingerprint density at radius 1 is 1.06 bits per heavy atom. The highest BCUT2D eigenvalue weighted by Gasteiger charge is 2.06. The van der Waals surface area contributed by atoms with E-state index in [2.05, 4.69) is 27.9 Å². The van der Waals surface area contributed by atoms with Gasteiger partial charge in [0.2, 0.25) is 0 Å². The summed E-state index contributed by atoms with van der Waals surface area (Å²) in [5, 5.41) is 4.27. The van der Waals surface area contributed by atoms with Crippen LogP contribution in [0.15, 0.2) is 36.4 Å². The highest BCUT2D eigenvalue weighted by atomic mass is 127. The number of halogens is 3. The molecule has 0 atom stereocenters. The second-order valence-electron chi connectivity index (χ2n) is 3.47. The molecule has 0 fully saturated rings. The molecular formula is C12H9Cl2IN2. The molecule has 2 rings (SSSR count). The van der Waals surface area contributed by atoms with E-state index >= 15 is 0 Å². The summed E-state index contributed by atoms with van der Waals surface area (Å²) >= 11 is 14.3. The second-order valence-corrected chi connectivity index (χ2v) is 5.41. The van der Waals surface area contributed by atoms with E-state index in [-0.39, 0.29) is 0 Å². The molecule has 0 aromatic heterocycles. The maximum Gasteiger partial charge on any atom is 0.0827 e. The van der Waals surface area contributed by atoms with E-state index in [0.29, 0.717) is 10.0 Å². The fourth-order valence-electron chi connectivity index (χ4n) is 1.38. The van der Waals surface area contributed by atoms with Gasteiger partial charge in [0.25, 0.3) is 0 Å². The third kappa shape index (κ3) is 2.97. The van der Waals surface area contributed by atoms with Crippen LogP contribution in [0, 0.1) is 3.57 Å². The third-order valence-corrected chi connectivity index (χ3v) is 3.93. The normalized spacial score (nSPS) is 10.3. The second kappa shape index (κ2) is 5.33. The lowest BCUT2D eigenvalue weighted by molar-refractivity contribution is 1.52. The van der Waals surface area contributed by atoms with Gasteiger partial charge in [0.05, 0.1) is 21.4 Å². The molecule has 88 valence electrons. The van der Waals surface area contributed by atoms with Crippen molar-refractivity contribution in [2.75, 3.05) is 11.1 Å². The first-order valence-corrected chi connectivity index (χ1v) is 6.67. The van der Waals surface area contributed by atoms with Crippen LogP contribution >= 0.6 is 45.8 Å². The third-order valence-electron chi connectivity index (χ3n) is 2.21. The highest BCUT2D eigenvalue weighted by Crippen LogP contribution is 2.33. The zero-order chi connectivity index (χ0) is 12.4. The fourth-order valence-corrected chi connectivity index (χ4v) is 2.40. The van der Waals surface area contributed by atoms with Crippen molar-refractivity contribution in [3.05, 3.63) is 50.0 Å². The van der Waals surface area contributed by atoms with Gasteiger partial charge in [0.15, 0.2) is 0 Å². The number of hydrogen-bond donors (Lipinski definition) is 2. The van der Waals surface area contributed by atoms with E-state index in [9.17, 15) is 0 Å². The maximum atomic E-state index is 6.11. The molecule has 0 aliphatic heterocycles. The van der Waals surface area contributed by atoms with Crippen molar-refractivity contribution in [1.82, 2.24) is 0 Å². The quantitative estimate of drug-likeness (QED) is 0.574. The largest absolute Gasteiger partial charge is 0.399 e. The monoisotopic (exact) mass is 378 g/mol. The van der Waals surface area contributed by atoms with E-state index in [1.165, 1.54) is 0 Å². The number of benzene rings is 2. The number of hydrogen-bond acceptors (Lipinski definition) is 2. The standard InChI is InChI=1S/C12H9Cl2IN2/c13-8-2-1-3-11(12(8)14)17-10-5-4-7(16)6-9(10)15/h1-6,17H,16H2. The van der Waals surface area contributed by atoms with Crippen molar-refractivity contribution in [2.45, 2.75) is 0 Å². The van der Waals surface area contributed by atoms with E-state index in [0.717, 1.165) is 20.6 Å². The molecular weight excluding hydrogens is 370 g/mol. The lowest BCUT2D eigenvalue weighted by Gasteiger charge is -2.11. The van der Waals surface area contributed by atoms with Crippen LogP contribution < -0.4 is 11.1 Å². The first-order chi connectivity index (χ1) is 8.08. The van der Waals surface area contributed by atoms with Gasteiger partial charge in [-0.2, -0.15) is 0 Å². The Kier molecular flexibility index (Phi) is 4.01. The van der Waals surface area contributed by atoms with Gasteiger partial charge in [0.1, 0.15) is 0 Å². The minimum absolute atomic E-state index is 0.516. The SMILES string of the molecule is Nc1ccc(Nc2cccc(Cl)c2Cl)c(I)c1. The lowest BCUT2D eigenvalue weighted by atomic mass is 10.2. The molecule has 17 heavy (non-hydrogen) atoms. The van der Waals surface area contributed by atoms with Crippen LogP contribution in [-0.4, -0.2) is 0 Å². The fraction of sp³-hybridized carbons (Fsp3) is 0. The zero-order valence-electron chi connectivity index (χ0n) is 8.68. The van der Waals surface area contributed by atoms with E-state index in [1.54, 1.807) is 6.07 Å². The van der Waals surface area contributed by atoms with Gasteiger partial charge in [-0.25, -0.2) is 0 Å². The predicted molar refractivity (Wildman–Crippen MR) is 83.3 cm³/mol. The minimum Gasteiger partial charge on any atom is -0.399 e. The van der Waals surface area contributed by atoms with Gasteiger partial charge < -0.3 is 11.1 Å². The summed E-state index contributed by atoms with van der Waals surface area (Å²) < 4.78 is 1.03. The van der Waals surface area contributed by atoms with Gasteiger partial charge >= 0.3 is 0 Å². The Balaban J connectivity index is 2.35. The zero-order valence-corrected chi connectivity index (χ0v) is 12.3. The summed E-state index contributed by atoms with van der Waals surface area (Å²) in [5.41, 5.74) is 8.16. The van der Waals surface area contributed by atoms with Crippen LogP contribution in [0.5, 0.6) is 0 Å². The Labute approximate surface area is 123 Å². The van der Waals surface area contributed by atoms with Crippen LogP contribution in [0.2, 0.25) is 10.0 Å². The van der Waals surface area contributed by atoms with E-state index in [4.69, 9.17) is 28.9 Å². The molecule has 0 heterocycles. The smallest absolute Gasteiger partial charge is 0.0827 e. The molecule has 5 heteroatoms. The molecule has 0 radical (unpaired) electrons. The summed E-state index contributed by atoms with van der Waals surface area (Å²) in [7, 11) is 0. The molecule has 0 bridgehead atoms. The number of rotatable bonds is 2. The van der Waals surface area contributed by atoms with Crippen LogP contribution in [0.4, 0.5) is 17.1 Å². The number of nitrogens with one attached hydrogen (secondary N) is 1. The average molecular weight is 379 g/mol. The molecule has 3 N–H and O–H groups in total. The van der Waals surface area contributed by atoms with Crippen molar-refractivity contribution >= 4 is 62.9 Å². The average Bonchev–Trinajstić information content (AvgIpc) is 2.28. The van der Waals surface area contributed by atoms with Crippen LogP contribution in [0.25, 0.3) is 0 Å². The van der Waals surface area contributed by atoms with E-state index in [1.807, 2.05) is 30.3 Å². The van der Waals surface area contributed by atoms with Crippen LogP contribution in [0.1, 0.15) is 0 Å². The van der Waals surface area contributed by atoms with Gasteiger partial charge in [-0.1, -0.05) is 29.3 Å². The first-order valence-electron chi connectivity index (χ1n) is 4.84. The number of nitrogens with two attached hydrogens (primary N) is 1. The van der Waals surface area contributed by atoms with Gasteiger partial charge in [-0.3, -0.25) is 0 Å². The molecule has 0 aliphatic carbocycles. The molecule has 0 saturated heterocycles. The summed E-state index contributed by atoms with van der Waals surface area (Å²) in [6.45, 7) is 0. The molecule has 0 aliphatic rings. The number of anilines is 3. The molecule has 0 unspecified atom stereocenters. The Hall–Kier alpha value is -0.650. The highest BCUT2D eigenvalue weighted by molar-refractivity contribution is 14.1. The molecule has 2 nitrogen and oxygen atoms in total. The Bertz CT molecular complexity index is 558. The van der Waals surface area contributed by atoms with Gasteiger partial charge in [-0.05, 0) is 52.9 Å². The van der Waals surface area contributed by atoms with Crippen molar-refractivity contribution in [1.29, 1.82) is 0 Å². The molecule has 2 aromatic carbocycles. The predicted octanol–water partition coefficient (Wildman–Crippen LogP) is 4.92. The van der Waals surface area contributed by atoms with E-state index < -0.39 is 0 Å². The van der Waals surface area contributed by atoms with Crippen LogP contribution in [-0.2, 0) is 0 Å². The van der Waals surface area contributed by atoms with Gasteiger partial charge in [0, 0.05) is 9.26 Å². The van der Waals surface area contributed by atoms with Crippen molar-refractivity contribution in [3.63, 3.8) is 0 Å².